The molecule has 7 nitrogen and oxygen atoms in total. The van der Waals surface area contributed by atoms with Crippen LogP contribution in [-0.2, 0) is 14.3 Å². The summed E-state index contributed by atoms with van der Waals surface area (Å²) in [5, 5.41) is 12.8. The molecule has 110 valence electrons. The molecule has 1 aromatic rings. The second-order valence-electron chi connectivity index (χ2n) is 4.94. The molecule has 1 amide bonds. The molecule has 0 radical (unpaired) electrons. The summed E-state index contributed by atoms with van der Waals surface area (Å²) in [5.41, 5.74) is 1.46. The molecule has 7 heteroatoms. The summed E-state index contributed by atoms with van der Waals surface area (Å²) in [7, 11) is 0. The Labute approximate surface area is 116 Å². The molecule has 1 N–H and O–H groups in total. The summed E-state index contributed by atoms with van der Waals surface area (Å²) in [5.74, 6) is -0.971. The number of carboxylic acids is 1. The number of carboxylic acid groups (broad SMARTS) is 1. The van der Waals surface area contributed by atoms with Gasteiger partial charge in [0, 0.05) is 12.1 Å². The highest BCUT2D eigenvalue weighted by Crippen LogP contribution is 2.25. The summed E-state index contributed by atoms with van der Waals surface area (Å²) in [6.45, 7) is 6.03. The zero-order valence-electron chi connectivity index (χ0n) is 11.8. The third kappa shape index (κ3) is 2.67. The maximum absolute atomic E-state index is 12.5. The zero-order valence-corrected chi connectivity index (χ0v) is 11.8. The minimum Gasteiger partial charge on any atom is -0.479 e. The van der Waals surface area contributed by atoms with Gasteiger partial charge in [-0.1, -0.05) is 5.16 Å². The zero-order chi connectivity index (χ0) is 14.9. The molecule has 2 heterocycles. The van der Waals surface area contributed by atoms with E-state index < -0.39 is 18.0 Å². The number of aromatic nitrogens is 1. The van der Waals surface area contributed by atoms with E-state index in [-0.39, 0.29) is 19.1 Å². The SMILES string of the molecule is Cc1noc(C)c1[C@@H](C)C(=O)N1CCO[C@H](C(=O)O)C1. The van der Waals surface area contributed by atoms with Crippen LogP contribution in [0.4, 0.5) is 0 Å². The summed E-state index contributed by atoms with van der Waals surface area (Å²) in [4.78, 5) is 24.9. The molecular weight excluding hydrogens is 264 g/mol. The minimum atomic E-state index is -1.05. The Morgan fingerprint density at radius 2 is 2.15 bits per heavy atom. The number of aliphatic carboxylic acids is 1. The Kier molecular flexibility index (Phi) is 4.08. The lowest BCUT2D eigenvalue weighted by atomic mass is 9.97. The van der Waals surface area contributed by atoms with E-state index >= 15 is 0 Å². The number of carbonyl (C=O) groups is 2. The molecule has 1 aromatic heterocycles. The van der Waals surface area contributed by atoms with Crippen LogP contribution in [0.1, 0.15) is 29.9 Å². The van der Waals surface area contributed by atoms with Crippen LogP contribution < -0.4 is 0 Å². The Bertz CT molecular complexity index is 505. The van der Waals surface area contributed by atoms with Crippen molar-refractivity contribution < 1.29 is 24.0 Å². The van der Waals surface area contributed by atoms with E-state index in [1.807, 2.05) is 0 Å². The number of morpholine rings is 1. The quantitative estimate of drug-likeness (QED) is 0.877. The van der Waals surface area contributed by atoms with Gasteiger partial charge in [0.25, 0.3) is 0 Å². The van der Waals surface area contributed by atoms with E-state index in [1.165, 1.54) is 4.90 Å². The van der Waals surface area contributed by atoms with Gasteiger partial charge in [-0.05, 0) is 20.8 Å². The monoisotopic (exact) mass is 282 g/mol. The Morgan fingerprint density at radius 1 is 1.45 bits per heavy atom. The van der Waals surface area contributed by atoms with Crippen LogP contribution in [0.2, 0.25) is 0 Å². The van der Waals surface area contributed by atoms with Gasteiger partial charge >= 0.3 is 5.97 Å². The summed E-state index contributed by atoms with van der Waals surface area (Å²) >= 11 is 0. The lowest BCUT2D eigenvalue weighted by Gasteiger charge is -2.32. The predicted molar refractivity (Wildman–Crippen MR) is 68.3 cm³/mol. The lowest BCUT2D eigenvalue weighted by Crippen LogP contribution is -2.49. The number of amides is 1. The van der Waals surface area contributed by atoms with E-state index in [1.54, 1.807) is 20.8 Å². The summed E-state index contributed by atoms with van der Waals surface area (Å²) < 4.78 is 10.2. The highest BCUT2D eigenvalue weighted by molar-refractivity contribution is 5.84. The Hall–Kier alpha value is -1.89. The number of hydrogen-bond acceptors (Lipinski definition) is 5. The average Bonchev–Trinajstić information content (AvgIpc) is 2.76. The van der Waals surface area contributed by atoms with Crippen LogP contribution in [0, 0.1) is 13.8 Å². The molecule has 0 bridgehead atoms. The number of carbonyl (C=O) groups excluding carboxylic acids is 1. The first-order chi connectivity index (χ1) is 9.41. The van der Waals surface area contributed by atoms with Gasteiger partial charge in [-0.15, -0.1) is 0 Å². The van der Waals surface area contributed by atoms with Crippen molar-refractivity contribution in [2.75, 3.05) is 19.7 Å². The average molecular weight is 282 g/mol. The first kappa shape index (κ1) is 14.5. The van der Waals surface area contributed by atoms with Crippen molar-refractivity contribution in [3.05, 3.63) is 17.0 Å². The third-order valence-electron chi connectivity index (χ3n) is 3.55. The number of aryl methyl sites for hydroxylation is 2. The summed E-state index contributed by atoms with van der Waals surface area (Å²) in [6, 6.07) is 0. The van der Waals surface area contributed by atoms with Gasteiger partial charge in [-0.3, -0.25) is 4.79 Å². The molecule has 0 saturated carbocycles. The van der Waals surface area contributed by atoms with E-state index in [2.05, 4.69) is 5.16 Å². The van der Waals surface area contributed by atoms with Crippen molar-refractivity contribution in [2.24, 2.45) is 0 Å². The van der Waals surface area contributed by atoms with Gasteiger partial charge in [-0.2, -0.15) is 0 Å². The van der Waals surface area contributed by atoms with Crippen LogP contribution >= 0.6 is 0 Å². The van der Waals surface area contributed by atoms with Crippen molar-refractivity contribution >= 4 is 11.9 Å². The van der Waals surface area contributed by atoms with Crippen LogP contribution in [-0.4, -0.2) is 52.8 Å². The van der Waals surface area contributed by atoms with Gasteiger partial charge < -0.3 is 19.3 Å². The van der Waals surface area contributed by atoms with E-state index in [4.69, 9.17) is 14.4 Å². The van der Waals surface area contributed by atoms with Crippen LogP contribution in [0.15, 0.2) is 4.52 Å². The fraction of sp³-hybridized carbons (Fsp3) is 0.615. The molecule has 1 saturated heterocycles. The van der Waals surface area contributed by atoms with Crippen molar-refractivity contribution in [3.8, 4) is 0 Å². The number of ether oxygens (including phenoxy) is 1. The fourth-order valence-corrected chi connectivity index (χ4v) is 2.50. The number of rotatable bonds is 3. The normalized spacial score (nSPS) is 20.8. The van der Waals surface area contributed by atoms with Crippen LogP contribution in [0.3, 0.4) is 0 Å². The molecule has 0 aliphatic carbocycles. The van der Waals surface area contributed by atoms with Crippen molar-refractivity contribution in [1.29, 1.82) is 0 Å². The first-order valence-corrected chi connectivity index (χ1v) is 6.47. The van der Waals surface area contributed by atoms with Crippen LogP contribution in [0.25, 0.3) is 0 Å². The molecule has 1 aliphatic rings. The van der Waals surface area contributed by atoms with Gasteiger partial charge in [0.1, 0.15) is 5.76 Å². The molecule has 2 atom stereocenters. The molecule has 0 spiro atoms. The fourth-order valence-electron chi connectivity index (χ4n) is 2.50. The highest BCUT2D eigenvalue weighted by atomic mass is 16.5. The van der Waals surface area contributed by atoms with Crippen molar-refractivity contribution in [2.45, 2.75) is 32.8 Å². The number of nitrogens with zero attached hydrogens (tertiary/aromatic N) is 2. The minimum absolute atomic E-state index is 0.0713. The topological polar surface area (TPSA) is 92.9 Å². The maximum Gasteiger partial charge on any atom is 0.334 e. The Morgan fingerprint density at radius 3 is 2.70 bits per heavy atom. The summed E-state index contributed by atoms with van der Waals surface area (Å²) in [6.07, 6.45) is -0.954. The van der Waals surface area contributed by atoms with Gasteiger partial charge in [0.15, 0.2) is 6.10 Å². The van der Waals surface area contributed by atoms with E-state index in [0.29, 0.717) is 18.0 Å². The number of hydrogen-bond donors (Lipinski definition) is 1. The first-order valence-electron chi connectivity index (χ1n) is 6.47. The van der Waals surface area contributed by atoms with E-state index in [9.17, 15) is 9.59 Å². The molecule has 2 rings (SSSR count). The molecule has 1 fully saturated rings. The highest BCUT2D eigenvalue weighted by Gasteiger charge is 2.33. The van der Waals surface area contributed by atoms with E-state index in [0.717, 1.165) is 5.56 Å². The maximum atomic E-state index is 12.5. The Balaban J connectivity index is 2.13. The third-order valence-corrected chi connectivity index (χ3v) is 3.55. The van der Waals surface area contributed by atoms with Gasteiger partial charge in [0.2, 0.25) is 5.91 Å². The van der Waals surface area contributed by atoms with Crippen molar-refractivity contribution in [1.82, 2.24) is 10.1 Å². The molecule has 20 heavy (non-hydrogen) atoms. The molecule has 0 unspecified atom stereocenters. The van der Waals surface area contributed by atoms with Crippen molar-refractivity contribution in [3.63, 3.8) is 0 Å². The van der Waals surface area contributed by atoms with Gasteiger partial charge in [0.05, 0.1) is 24.8 Å². The van der Waals surface area contributed by atoms with Gasteiger partial charge in [-0.25, -0.2) is 4.79 Å². The standard InChI is InChI=1S/C13H18N2O5/c1-7(11-8(2)14-20-9(11)3)12(16)15-4-5-19-10(6-15)13(17)18/h7,10H,4-6H2,1-3H3,(H,17,18)/t7-,10+/m1/s1. The second kappa shape index (κ2) is 5.62. The largest absolute Gasteiger partial charge is 0.479 e. The lowest BCUT2D eigenvalue weighted by molar-refractivity contribution is -0.159. The molecular formula is C13H18N2O5. The predicted octanol–water partition coefficient (Wildman–Crippen LogP) is 0.707. The molecule has 0 aromatic carbocycles. The van der Waals surface area contributed by atoms with Crippen LogP contribution in [0.5, 0.6) is 0 Å². The molecule has 1 aliphatic heterocycles. The second-order valence-corrected chi connectivity index (χ2v) is 4.94. The smallest absolute Gasteiger partial charge is 0.334 e.